The number of aliphatic imine (C=N–C) groups is 1. The van der Waals surface area contributed by atoms with E-state index in [4.69, 9.17) is 5.73 Å². The Morgan fingerprint density at radius 3 is 2.76 bits per heavy atom. The van der Waals surface area contributed by atoms with Gasteiger partial charge in [0.25, 0.3) is 0 Å². The van der Waals surface area contributed by atoms with Crippen LogP contribution in [0.3, 0.4) is 0 Å². The molecule has 2 rings (SSSR count). The van der Waals surface area contributed by atoms with Crippen molar-refractivity contribution in [2.24, 2.45) is 10.7 Å². The van der Waals surface area contributed by atoms with Crippen molar-refractivity contribution in [1.29, 1.82) is 0 Å². The van der Waals surface area contributed by atoms with Gasteiger partial charge in [0.1, 0.15) is 0 Å². The lowest BCUT2D eigenvalue weighted by molar-refractivity contribution is 0.452. The number of nitrogens with one attached hydrogen (secondary N) is 1. The van der Waals surface area contributed by atoms with E-state index < -0.39 is 10.0 Å². The Balaban J connectivity index is 1.67. The number of rotatable bonds is 6. The van der Waals surface area contributed by atoms with Crippen molar-refractivity contribution in [1.82, 2.24) is 9.62 Å². The Bertz CT molecular complexity index is 572. The molecule has 0 spiro atoms. The van der Waals surface area contributed by atoms with Crippen molar-refractivity contribution in [3.05, 3.63) is 35.9 Å². The molecule has 1 aromatic carbocycles. The van der Waals surface area contributed by atoms with Crippen LogP contribution in [0, 0.1) is 0 Å². The fourth-order valence-corrected chi connectivity index (χ4v) is 3.78. The van der Waals surface area contributed by atoms with Crippen LogP contribution in [0.25, 0.3) is 0 Å². The first kappa shape index (κ1) is 15.8. The van der Waals surface area contributed by atoms with E-state index >= 15 is 0 Å². The molecule has 0 amide bonds. The Kier molecular flexibility index (Phi) is 5.58. The third-order valence-corrected chi connectivity index (χ3v) is 5.35. The van der Waals surface area contributed by atoms with Crippen molar-refractivity contribution in [2.75, 3.05) is 31.9 Å². The molecule has 1 heterocycles. The minimum absolute atomic E-state index is 0.252. The van der Waals surface area contributed by atoms with E-state index in [1.165, 1.54) is 9.87 Å². The average Bonchev–Trinajstić information content (AvgIpc) is 2.79. The number of benzene rings is 1. The Labute approximate surface area is 126 Å². The van der Waals surface area contributed by atoms with Gasteiger partial charge in [0.2, 0.25) is 10.0 Å². The number of sulfonamides is 1. The van der Waals surface area contributed by atoms with Gasteiger partial charge in [-0.15, -0.1) is 0 Å². The molecule has 7 heteroatoms. The van der Waals surface area contributed by atoms with Crippen LogP contribution in [0.2, 0.25) is 0 Å². The van der Waals surface area contributed by atoms with Gasteiger partial charge in [0.05, 0.1) is 12.3 Å². The molecule has 1 aliphatic heterocycles. The third kappa shape index (κ3) is 5.02. The van der Waals surface area contributed by atoms with Crippen LogP contribution in [0.1, 0.15) is 12.0 Å². The van der Waals surface area contributed by atoms with Crippen LogP contribution < -0.4 is 11.1 Å². The van der Waals surface area contributed by atoms with Gasteiger partial charge in [-0.05, 0) is 18.4 Å². The van der Waals surface area contributed by atoms with Gasteiger partial charge in [0.15, 0.2) is 5.96 Å². The lowest BCUT2D eigenvalue weighted by atomic mass is 10.1. The molecule has 0 atom stereocenters. The van der Waals surface area contributed by atoms with E-state index in [1.807, 2.05) is 18.2 Å². The summed E-state index contributed by atoms with van der Waals surface area (Å²) in [6.07, 6.45) is 1.58. The quantitative estimate of drug-likeness (QED) is 0.579. The molecule has 0 saturated carbocycles. The summed E-state index contributed by atoms with van der Waals surface area (Å²) >= 11 is 0. The number of hydrogen-bond acceptors (Lipinski definition) is 3. The van der Waals surface area contributed by atoms with E-state index in [0.29, 0.717) is 38.6 Å². The first-order valence-electron chi connectivity index (χ1n) is 7.13. The molecule has 21 heavy (non-hydrogen) atoms. The second-order valence-corrected chi connectivity index (χ2v) is 7.09. The molecule has 0 unspecified atom stereocenters. The standard InChI is InChI=1S/C14H22N4O2S/c15-14(16-8-7-13-5-2-1-3-6-13)17-9-11-18-10-4-12-21(18,19)20/h1-3,5-6H,4,7-12H2,(H3,15,16,17). The zero-order valence-corrected chi connectivity index (χ0v) is 12.8. The smallest absolute Gasteiger partial charge is 0.214 e. The molecule has 6 nitrogen and oxygen atoms in total. The number of nitrogens with zero attached hydrogens (tertiary/aromatic N) is 2. The minimum Gasteiger partial charge on any atom is -0.370 e. The first-order valence-corrected chi connectivity index (χ1v) is 8.74. The number of guanidine groups is 1. The lowest BCUT2D eigenvalue weighted by Gasteiger charge is -2.12. The molecule has 1 fully saturated rings. The molecule has 0 bridgehead atoms. The SMILES string of the molecule is NC(=NCCN1CCCS1(=O)=O)NCCc1ccccc1. The topological polar surface area (TPSA) is 87.8 Å². The summed E-state index contributed by atoms with van der Waals surface area (Å²) in [5.41, 5.74) is 7.00. The summed E-state index contributed by atoms with van der Waals surface area (Å²) in [5.74, 6) is 0.615. The van der Waals surface area contributed by atoms with Crippen LogP contribution in [0.5, 0.6) is 0 Å². The van der Waals surface area contributed by atoms with Gasteiger partial charge < -0.3 is 11.1 Å². The van der Waals surface area contributed by atoms with Crippen molar-refractivity contribution in [3.8, 4) is 0 Å². The fraction of sp³-hybridized carbons (Fsp3) is 0.500. The average molecular weight is 310 g/mol. The van der Waals surface area contributed by atoms with Gasteiger partial charge in [0, 0.05) is 19.6 Å². The molecule has 1 saturated heterocycles. The number of nitrogens with two attached hydrogens (primary N) is 1. The van der Waals surface area contributed by atoms with Crippen LogP contribution in [0.4, 0.5) is 0 Å². The molecule has 116 valence electrons. The van der Waals surface area contributed by atoms with Crippen molar-refractivity contribution in [2.45, 2.75) is 12.8 Å². The van der Waals surface area contributed by atoms with Gasteiger partial charge in [-0.2, -0.15) is 0 Å². The molecular weight excluding hydrogens is 288 g/mol. The molecule has 0 aliphatic carbocycles. The minimum atomic E-state index is -3.04. The molecule has 0 aromatic heterocycles. The van der Waals surface area contributed by atoms with E-state index in [-0.39, 0.29) is 5.75 Å². The normalized spacial score (nSPS) is 18.8. The fourth-order valence-electron chi connectivity index (χ4n) is 2.26. The van der Waals surface area contributed by atoms with Crippen LogP contribution in [0.15, 0.2) is 35.3 Å². The zero-order chi connectivity index (χ0) is 15.1. The maximum Gasteiger partial charge on any atom is 0.214 e. The van der Waals surface area contributed by atoms with Gasteiger partial charge in [-0.3, -0.25) is 4.99 Å². The molecule has 1 aromatic rings. The summed E-state index contributed by atoms with van der Waals surface area (Å²) < 4.78 is 24.7. The zero-order valence-electron chi connectivity index (χ0n) is 12.0. The van der Waals surface area contributed by atoms with Crippen molar-refractivity contribution < 1.29 is 8.42 Å². The highest BCUT2D eigenvalue weighted by atomic mass is 32.2. The third-order valence-electron chi connectivity index (χ3n) is 3.40. The van der Waals surface area contributed by atoms with E-state index in [0.717, 1.165) is 6.42 Å². The summed E-state index contributed by atoms with van der Waals surface area (Å²) in [5, 5.41) is 3.04. The van der Waals surface area contributed by atoms with Gasteiger partial charge >= 0.3 is 0 Å². The molecule has 1 aliphatic rings. The first-order chi connectivity index (χ1) is 10.1. The summed E-state index contributed by atoms with van der Waals surface area (Å²) in [4.78, 5) is 4.16. The second kappa shape index (κ2) is 7.42. The highest BCUT2D eigenvalue weighted by molar-refractivity contribution is 7.89. The highest BCUT2D eigenvalue weighted by Crippen LogP contribution is 2.12. The van der Waals surface area contributed by atoms with Gasteiger partial charge in [-0.1, -0.05) is 30.3 Å². The van der Waals surface area contributed by atoms with E-state index in [2.05, 4.69) is 22.4 Å². The Morgan fingerprint density at radius 1 is 1.33 bits per heavy atom. The van der Waals surface area contributed by atoms with Gasteiger partial charge in [-0.25, -0.2) is 12.7 Å². The summed E-state index contributed by atoms with van der Waals surface area (Å²) in [6.45, 7) is 2.10. The van der Waals surface area contributed by atoms with Crippen LogP contribution >= 0.6 is 0 Å². The van der Waals surface area contributed by atoms with Crippen LogP contribution in [-0.4, -0.2) is 50.6 Å². The Morgan fingerprint density at radius 2 is 2.10 bits per heavy atom. The lowest BCUT2D eigenvalue weighted by Crippen LogP contribution is -2.34. The van der Waals surface area contributed by atoms with Crippen molar-refractivity contribution in [3.63, 3.8) is 0 Å². The van der Waals surface area contributed by atoms with E-state index in [1.54, 1.807) is 0 Å². The largest absolute Gasteiger partial charge is 0.370 e. The summed E-state index contributed by atoms with van der Waals surface area (Å²) in [7, 11) is -3.04. The predicted molar refractivity (Wildman–Crippen MR) is 84.6 cm³/mol. The maximum absolute atomic E-state index is 11.6. The Hall–Kier alpha value is -1.60. The molecular formula is C14H22N4O2S. The molecule has 3 N–H and O–H groups in total. The number of hydrogen-bond donors (Lipinski definition) is 2. The van der Waals surface area contributed by atoms with E-state index in [9.17, 15) is 8.42 Å². The van der Waals surface area contributed by atoms with Crippen molar-refractivity contribution >= 4 is 16.0 Å². The maximum atomic E-state index is 11.6. The predicted octanol–water partition coefficient (Wildman–Crippen LogP) is 0.169. The monoisotopic (exact) mass is 310 g/mol. The second-order valence-electron chi connectivity index (χ2n) is 5.00. The molecule has 0 radical (unpaired) electrons. The highest BCUT2D eigenvalue weighted by Gasteiger charge is 2.27. The van der Waals surface area contributed by atoms with Crippen LogP contribution in [-0.2, 0) is 16.4 Å². The summed E-state index contributed by atoms with van der Waals surface area (Å²) in [6, 6.07) is 10.1.